The van der Waals surface area contributed by atoms with Crippen molar-refractivity contribution in [1.82, 2.24) is 0 Å². The number of carbonyl (C=O) groups excluding carboxylic acids is 1. The first-order chi connectivity index (χ1) is 8.15. The fourth-order valence-electron chi connectivity index (χ4n) is 1.53. The maximum Gasteiger partial charge on any atom is 0.319 e. The van der Waals surface area contributed by atoms with Crippen molar-refractivity contribution in [3.05, 3.63) is 22.3 Å². The molecule has 0 aromatic rings. The molecule has 0 amide bonds. The molecule has 0 saturated heterocycles. The van der Waals surface area contributed by atoms with E-state index in [1.807, 2.05) is 0 Å². The number of hydrogen-bond acceptors (Lipinski definition) is 6. The third-order valence-corrected chi connectivity index (χ3v) is 2.27. The van der Waals surface area contributed by atoms with E-state index in [1.54, 1.807) is 24.3 Å². The maximum atomic E-state index is 11.5. The summed E-state index contributed by atoms with van der Waals surface area (Å²) in [5, 5.41) is 35.5. The van der Waals surface area contributed by atoms with Gasteiger partial charge in [-0.2, -0.15) is 21.0 Å². The summed E-state index contributed by atoms with van der Waals surface area (Å²) in [5.74, 6) is -2.10. The third-order valence-electron chi connectivity index (χ3n) is 2.27. The Hall–Kier alpha value is -3.09. The molecule has 0 aliphatic heterocycles. The summed E-state index contributed by atoms with van der Waals surface area (Å²) in [7, 11) is 1.10. The normalized spacial score (nSPS) is 14.6. The predicted molar refractivity (Wildman–Crippen MR) is 52.0 cm³/mol. The molecule has 17 heavy (non-hydrogen) atoms. The van der Waals surface area contributed by atoms with Crippen molar-refractivity contribution in [1.29, 1.82) is 21.0 Å². The van der Waals surface area contributed by atoms with Gasteiger partial charge in [-0.25, -0.2) is 0 Å². The lowest BCUT2D eigenvalue weighted by Gasteiger charge is -2.07. The van der Waals surface area contributed by atoms with E-state index in [2.05, 4.69) is 4.74 Å². The molecule has 80 valence electrons. The molecule has 0 spiro atoms. The van der Waals surface area contributed by atoms with Crippen LogP contribution in [0.2, 0.25) is 0 Å². The number of allylic oxidation sites excluding steroid dienone is 2. The van der Waals surface area contributed by atoms with E-state index in [4.69, 9.17) is 21.0 Å². The number of rotatable bonds is 1. The van der Waals surface area contributed by atoms with Gasteiger partial charge in [0, 0.05) is 0 Å². The van der Waals surface area contributed by atoms with Crippen molar-refractivity contribution in [2.45, 2.75) is 0 Å². The molecule has 0 saturated carbocycles. The molecule has 0 radical (unpaired) electrons. The number of nitriles is 4. The lowest BCUT2D eigenvalue weighted by molar-refractivity contribution is -0.142. The Morgan fingerprint density at radius 1 is 1.00 bits per heavy atom. The van der Waals surface area contributed by atoms with Crippen LogP contribution in [-0.2, 0) is 9.53 Å². The highest BCUT2D eigenvalue weighted by Gasteiger charge is 2.40. The summed E-state index contributed by atoms with van der Waals surface area (Å²) >= 11 is 0. The third kappa shape index (κ3) is 1.61. The monoisotopic (exact) mass is 224 g/mol. The van der Waals surface area contributed by atoms with Crippen LogP contribution < -0.4 is 0 Å². The minimum atomic E-state index is -1.26. The smallest absolute Gasteiger partial charge is 0.319 e. The predicted octanol–water partition coefficient (Wildman–Crippen LogP) is 0.477. The maximum absolute atomic E-state index is 11.5. The summed E-state index contributed by atoms with van der Waals surface area (Å²) in [4.78, 5) is 11.5. The molecule has 0 unspecified atom stereocenters. The molecular weight excluding hydrogens is 220 g/mol. The summed E-state index contributed by atoms with van der Waals surface area (Å²) in [5.41, 5.74) is -0.899. The molecule has 0 aromatic heterocycles. The Labute approximate surface area is 96.8 Å². The molecule has 6 nitrogen and oxygen atoms in total. The number of nitrogens with zero attached hydrogens (tertiary/aromatic N) is 4. The average molecular weight is 224 g/mol. The quantitative estimate of drug-likeness (QED) is 0.597. The number of methoxy groups -OCH3 is 1. The van der Waals surface area contributed by atoms with Gasteiger partial charge in [-0.15, -0.1) is 0 Å². The second-order valence-electron chi connectivity index (χ2n) is 2.98. The molecule has 1 aliphatic carbocycles. The van der Waals surface area contributed by atoms with E-state index in [0.717, 1.165) is 7.11 Å². The first-order valence-corrected chi connectivity index (χ1v) is 4.33. The van der Waals surface area contributed by atoms with E-state index in [-0.39, 0.29) is 22.3 Å². The Balaban J connectivity index is 3.58. The highest BCUT2D eigenvalue weighted by atomic mass is 16.5. The molecular formula is C11H4N4O2. The van der Waals surface area contributed by atoms with Crippen LogP contribution >= 0.6 is 0 Å². The number of carbonyl (C=O) groups is 1. The summed E-state index contributed by atoms with van der Waals surface area (Å²) in [6.45, 7) is 0. The van der Waals surface area contributed by atoms with Gasteiger partial charge in [-0.1, -0.05) is 0 Å². The van der Waals surface area contributed by atoms with Crippen LogP contribution in [0.4, 0.5) is 0 Å². The Morgan fingerprint density at radius 3 is 1.65 bits per heavy atom. The van der Waals surface area contributed by atoms with Crippen molar-refractivity contribution in [3.63, 3.8) is 0 Å². The van der Waals surface area contributed by atoms with Crippen molar-refractivity contribution in [2.75, 3.05) is 7.11 Å². The lowest BCUT2D eigenvalue weighted by Crippen LogP contribution is -2.18. The summed E-state index contributed by atoms with van der Waals surface area (Å²) in [6, 6.07) is 6.66. The van der Waals surface area contributed by atoms with E-state index < -0.39 is 11.9 Å². The number of esters is 1. The molecule has 0 fully saturated rings. The van der Waals surface area contributed by atoms with Gasteiger partial charge in [0.05, 0.1) is 41.5 Å². The zero-order valence-corrected chi connectivity index (χ0v) is 8.68. The van der Waals surface area contributed by atoms with E-state index >= 15 is 0 Å². The molecule has 0 heterocycles. The van der Waals surface area contributed by atoms with Gasteiger partial charge in [-0.3, -0.25) is 4.79 Å². The molecule has 6 heteroatoms. The Morgan fingerprint density at radius 2 is 1.41 bits per heavy atom. The van der Waals surface area contributed by atoms with Gasteiger partial charge in [-0.05, 0) is 0 Å². The van der Waals surface area contributed by atoms with Crippen molar-refractivity contribution in [3.8, 4) is 24.3 Å². The van der Waals surface area contributed by atoms with Crippen LogP contribution in [0.3, 0.4) is 0 Å². The van der Waals surface area contributed by atoms with Gasteiger partial charge in [0.2, 0.25) is 0 Å². The minimum absolute atomic E-state index is 0.215. The molecule has 0 bridgehead atoms. The Kier molecular flexibility index (Phi) is 3.26. The van der Waals surface area contributed by atoms with Crippen LogP contribution in [-0.4, -0.2) is 13.1 Å². The van der Waals surface area contributed by atoms with Crippen LogP contribution in [0.5, 0.6) is 0 Å². The molecule has 1 rings (SSSR count). The van der Waals surface area contributed by atoms with Gasteiger partial charge >= 0.3 is 5.97 Å². The van der Waals surface area contributed by atoms with Gasteiger partial charge in [0.15, 0.2) is 0 Å². The van der Waals surface area contributed by atoms with Crippen molar-refractivity contribution >= 4 is 5.97 Å². The van der Waals surface area contributed by atoms with Gasteiger partial charge in [0.1, 0.15) is 18.1 Å². The first kappa shape index (κ1) is 12.0. The standard InChI is InChI=1S/C11H4N4O2/c1-17-11(16)10-8(4-14)6(2-12)7(3-13)9(10)5-15/h10H,1H3. The second-order valence-corrected chi connectivity index (χ2v) is 2.98. The van der Waals surface area contributed by atoms with Gasteiger partial charge < -0.3 is 4.74 Å². The minimum Gasteiger partial charge on any atom is -0.468 e. The topological polar surface area (TPSA) is 121 Å². The highest BCUT2D eigenvalue weighted by Crippen LogP contribution is 2.37. The first-order valence-electron chi connectivity index (χ1n) is 4.33. The zero-order chi connectivity index (χ0) is 13.0. The fraction of sp³-hybridized carbons (Fsp3) is 0.182. The van der Waals surface area contributed by atoms with Crippen molar-refractivity contribution in [2.24, 2.45) is 5.92 Å². The zero-order valence-electron chi connectivity index (χ0n) is 8.68. The van der Waals surface area contributed by atoms with Gasteiger partial charge in [0.25, 0.3) is 0 Å². The molecule has 0 atom stereocenters. The highest BCUT2D eigenvalue weighted by molar-refractivity contribution is 5.88. The molecule has 0 aromatic carbocycles. The second kappa shape index (κ2) is 4.62. The fourth-order valence-corrected chi connectivity index (χ4v) is 1.53. The average Bonchev–Trinajstić information content (AvgIpc) is 2.69. The SMILES string of the molecule is COC(=O)C1C(C#N)=C(C#N)C(C#N)=C1C#N. The van der Waals surface area contributed by atoms with E-state index in [1.165, 1.54) is 0 Å². The molecule has 0 N–H and O–H groups in total. The number of hydrogen-bond donors (Lipinski definition) is 0. The summed E-state index contributed by atoms with van der Waals surface area (Å²) < 4.78 is 4.46. The number of ether oxygens (including phenoxy) is 1. The van der Waals surface area contributed by atoms with Crippen LogP contribution in [0.15, 0.2) is 22.3 Å². The summed E-state index contributed by atoms with van der Waals surface area (Å²) in [6.07, 6.45) is 0. The van der Waals surface area contributed by atoms with E-state index in [0.29, 0.717) is 0 Å². The largest absolute Gasteiger partial charge is 0.468 e. The van der Waals surface area contributed by atoms with Crippen molar-refractivity contribution < 1.29 is 9.53 Å². The van der Waals surface area contributed by atoms with Crippen LogP contribution in [0.25, 0.3) is 0 Å². The van der Waals surface area contributed by atoms with Crippen LogP contribution in [0.1, 0.15) is 0 Å². The lowest BCUT2D eigenvalue weighted by atomic mass is 9.96. The Bertz CT molecular complexity index is 566. The molecule has 1 aliphatic rings. The van der Waals surface area contributed by atoms with Crippen LogP contribution in [0, 0.1) is 51.2 Å². The van der Waals surface area contributed by atoms with E-state index in [9.17, 15) is 4.79 Å².